The second-order valence-electron chi connectivity index (χ2n) is 5.00. The molecule has 2 N–H and O–H groups in total. The van der Waals surface area contributed by atoms with E-state index in [1.54, 1.807) is 24.5 Å². The first kappa shape index (κ1) is 16.8. The molecule has 0 radical (unpaired) electrons. The number of aliphatic imine (C=N–C) groups is 1. The first-order valence-electron chi connectivity index (χ1n) is 7.68. The van der Waals surface area contributed by atoms with Gasteiger partial charge in [-0.05, 0) is 30.2 Å². The summed E-state index contributed by atoms with van der Waals surface area (Å²) >= 11 is 0. The van der Waals surface area contributed by atoms with Crippen LogP contribution in [-0.4, -0.2) is 25.6 Å². The SMILES string of the molecule is C=CCNC(=NCCc1ccco1)NCCc1ccccc1F. The lowest BCUT2D eigenvalue weighted by molar-refractivity contribution is 0.510. The smallest absolute Gasteiger partial charge is 0.191 e. The molecule has 0 aliphatic heterocycles. The standard InChI is InChI=1S/C18H22FN3O/c1-2-11-20-18(22-13-10-16-7-5-14-23-16)21-12-9-15-6-3-4-8-17(15)19/h2-8,14H,1,9-13H2,(H2,20,21,22). The molecule has 0 atom stereocenters. The summed E-state index contributed by atoms with van der Waals surface area (Å²) in [4.78, 5) is 4.48. The minimum Gasteiger partial charge on any atom is -0.469 e. The van der Waals surface area contributed by atoms with Crippen LogP contribution in [0.5, 0.6) is 0 Å². The lowest BCUT2D eigenvalue weighted by Gasteiger charge is -2.11. The molecule has 122 valence electrons. The van der Waals surface area contributed by atoms with E-state index >= 15 is 0 Å². The molecule has 0 bridgehead atoms. The van der Waals surface area contributed by atoms with Crippen LogP contribution in [-0.2, 0) is 12.8 Å². The molecule has 23 heavy (non-hydrogen) atoms. The summed E-state index contributed by atoms with van der Waals surface area (Å²) in [6, 6.07) is 10.6. The van der Waals surface area contributed by atoms with E-state index < -0.39 is 0 Å². The normalized spacial score (nSPS) is 11.3. The predicted octanol–water partition coefficient (Wildman–Crippen LogP) is 2.93. The Morgan fingerprint density at radius 1 is 1.17 bits per heavy atom. The number of hydrogen-bond donors (Lipinski definition) is 2. The number of nitrogens with zero attached hydrogens (tertiary/aromatic N) is 1. The van der Waals surface area contributed by atoms with Crippen LogP contribution < -0.4 is 10.6 Å². The molecule has 0 aliphatic rings. The Bertz CT molecular complexity index is 623. The maximum Gasteiger partial charge on any atom is 0.191 e. The van der Waals surface area contributed by atoms with Gasteiger partial charge in [0.15, 0.2) is 5.96 Å². The largest absolute Gasteiger partial charge is 0.469 e. The van der Waals surface area contributed by atoms with Crippen molar-refractivity contribution in [2.45, 2.75) is 12.8 Å². The zero-order chi connectivity index (χ0) is 16.3. The van der Waals surface area contributed by atoms with Crippen molar-refractivity contribution in [2.24, 2.45) is 4.99 Å². The van der Waals surface area contributed by atoms with Gasteiger partial charge >= 0.3 is 0 Å². The molecule has 0 fully saturated rings. The Labute approximate surface area is 136 Å². The van der Waals surface area contributed by atoms with Crippen LogP contribution in [0.4, 0.5) is 4.39 Å². The van der Waals surface area contributed by atoms with Crippen LogP contribution in [0.25, 0.3) is 0 Å². The number of halogens is 1. The van der Waals surface area contributed by atoms with Gasteiger partial charge in [0.1, 0.15) is 11.6 Å². The van der Waals surface area contributed by atoms with Crippen molar-refractivity contribution < 1.29 is 8.81 Å². The summed E-state index contributed by atoms with van der Waals surface area (Å²) in [5.74, 6) is 1.42. The Balaban J connectivity index is 1.82. The first-order valence-corrected chi connectivity index (χ1v) is 7.68. The average molecular weight is 315 g/mol. The van der Waals surface area contributed by atoms with Gasteiger partial charge in [-0.15, -0.1) is 6.58 Å². The van der Waals surface area contributed by atoms with Gasteiger partial charge in [-0.3, -0.25) is 4.99 Å². The maximum absolute atomic E-state index is 13.6. The number of furan rings is 1. The Morgan fingerprint density at radius 2 is 2.04 bits per heavy atom. The zero-order valence-corrected chi connectivity index (χ0v) is 13.1. The molecular formula is C18H22FN3O. The third-order valence-corrected chi connectivity index (χ3v) is 3.27. The van der Waals surface area contributed by atoms with Gasteiger partial charge in [-0.2, -0.15) is 0 Å². The summed E-state index contributed by atoms with van der Waals surface area (Å²) in [5.41, 5.74) is 0.693. The van der Waals surface area contributed by atoms with Crippen LogP contribution in [0.15, 0.2) is 64.7 Å². The van der Waals surface area contributed by atoms with Crippen LogP contribution >= 0.6 is 0 Å². The molecule has 2 rings (SSSR count). The van der Waals surface area contributed by atoms with E-state index in [1.807, 2.05) is 18.2 Å². The molecule has 4 nitrogen and oxygen atoms in total. The van der Waals surface area contributed by atoms with E-state index in [4.69, 9.17) is 4.42 Å². The number of hydrogen-bond acceptors (Lipinski definition) is 2. The van der Waals surface area contributed by atoms with Crippen LogP contribution in [0.2, 0.25) is 0 Å². The number of rotatable bonds is 8. The van der Waals surface area contributed by atoms with Gasteiger partial charge in [-0.25, -0.2) is 4.39 Å². The lowest BCUT2D eigenvalue weighted by atomic mass is 10.1. The van der Waals surface area contributed by atoms with E-state index in [-0.39, 0.29) is 5.82 Å². The highest BCUT2D eigenvalue weighted by atomic mass is 19.1. The Morgan fingerprint density at radius 3 is 2.78 bits per heavy atom. The van der Waals surface area contributed by atoms with Crippen molar-refractivity contribution in [3.8, 4) is 0 Å². The lowest BCUT2D eigenvalue weighted by Crippen LogP contribution is -2.38. The van der Waals surface area contributed by atoms with Crippen LogP contribution in [0, 0.1) is 5.82 Å². The maximum atomic E-state index is 13.6. The van der Waals surface area contributed by atoms with Crippen molar-refractivity contribution in [1.29, 1.82) is 0 Å². The third-order valence-electron chi connectivity index (χ3n) is 3.27. The topological polar surface area (TPSA) is 49.6 Å². The second-order valence-corrected chi connectivity index (χ2v) is 5.00. The van der Waals surface area contributed by atoms with Crippen molar-refractivity contribution in [1.82, 2.24) is 10.6 Å². The highest BCUT2D eigenvalue weighted by molar-refractivity contribution is 5.79. The fraction of sp³-hybridized carbons (Fsp3) is 0.278. The molecule has 5 heteroatoms. The van der Waals surface area contributed by atoms with Crippen LogP contribution in [0.3, 0.4) is 0 Å². The molecule has 0 amide bonds. The summed E-state index contributed by atoms with van der Waals surface area (Å²) in [6.45, 7) is 5.51. The Hall–Kier alpha value is -2.56. The highest BCUT2D eigenvalue weighted by Crippen LogP contribution is 2.06. The van der Waals surface area contributed by atoms with Crippen molar-refractivity contribution in [3.05, 3.63) is 72.5 Å². The molecule has 1 aromatic carbocycles. The van der Waals surface area contributed by atoms with Gasteiger partial charge in [0.25, 0.3) is 0 Å². The summed E-state index contributed by atoms with van der Waals surface area (Å²) < 4.78 is 18.9. The molecule has 0 unspecified atom stereocenters. The number of nitrogens with one attached hydrogen (secondary N) is 2. The van der Waals surface area contributed by atoms with Crippen molar-refractivity contribution in [3.63, 3.8) is 0 Å². The minimum absolute atomic E-state index is 0.176. The van der Waals surface area contributed by atoms with Gasteiger partial charge in [0.2, 0.25) is 0 Å². The Kier molecular flexibility index (Phi) is 6.91. The first-order chi connectivity index (χ1) is 11.3. The minimum atomic E-state index is -0.176. The molecule has 1 heterocycles. The molecule has 0 aliphatic carbocycles. The van der Waals surface area contributed by atoms with Crippen molar-refractivity contribution >= 4 is 5.96 Å². The molecule has 0 saturated heterocycles. The van der Waals surface area contributed by atoms with E-state index in [9.17, 15) is 4.39 Å². The third kappa shape index (κ3) is 5.98. The van der Waals surface area contributed by atoms with Gasteiger partial charge in [0, 0.05) is 26.1 Å². The van der Waals surface area contributed by atoms with Gasteiger partial charge < -0.3 is 15.1 Å². The van der Waals surface area contributed by atoms with E-state index in [0.717, 1.165) is 12.2 Å². The quantitative estimate of drug-likeness (QED) is 0.447. The summed E-state index contributed by atoms with van der Waals surface area (Å²) in [6.07, 6.45) is 4.75. The predicted molar refractivity (Wildman–Crippen MR) is 91.0 cm³/mol. The molecule has 0 spiro atoms. The molecular weight excluding hydrogens is 293 g/mol. The monoisotopic (exact) mass is 315 g/mol. The van der Waals surface area contributed by atoms with Crippen LogP contribution in [0.1, 0.15) is 11.3 Å². The summed E-state index contributed by atoms with van der Waals surface area (Å²) in [7, 11) is 0. The number of guanidine groups is 1. The van der Waals surface area contributed by atoms with E-state index in [2.05, 4.69) is 22.2 Å². The van der Waals surface area contributed by atoms with Gasteiger partial charge in [-0.1, -0.05) is 24.3 Å². The second kappa shape index (κ2) is 9.46. The zero-order valence-electron chi connectivity index (χ0n) is 13.1. The fourth-order valence-corrected chi connectivity index (χ4v) is 2.09. The fourth-order valence-electron chi connectivity index (χ4n) is 2.09. The summed E-state index contributed by atoms with van der Waals surface area (Å²) in [5, 5.41) is 6.35. The average Bonchev–Trinajstić information content (AvgIpc) is 3.07. The molecule has 0 saturated carbocycles. The van der Waals surface area contributed by atoms with Gasteiger partial charge in [0.05, 0.1) is 6.26 Å². The number of benzene rings is 1. The van der Waals surface area contributed by atoms with E-state index in [1.165, 1.54) is 6.07 Å². The molecule has 1 aromatic heterocycles. The highest BCUT2D eigenvalue weighted by Gasteiger charge is 2.02. The van der Waals surface area contributed by atoms with Crippen molar-refractivity contribution in [2.75, 3.05) is 19.6 Å². The molecule has 2 aromatic rings. The van der Waals surface area contributed by atoms with E-state index in [0.29, 0.717) is 37.6 Å².